The molecule has 16 heteroatoms. The Morgan fingerprint density at radius 2 is 1.98 bits per heavy atom. The zero-order valence-electron chi connectivity index (χ0n) is 24.7. The summed E-state index contributed by atoms with van der Waals surface area (Å²) in [5.74, 6) is -2.95. The molecule has 4 aromatic rings. The van der Waals surface area contributed by atoms with Crippen LogP contribution in [0.2, 0.25) is 0 Å². The maximum atomic E-state index is 15.7. The van der Waals surface area contributed by atoms with Gasteiger partial charge in [-0.25, -0.2) is 23.1 Å². The minimum Gasteiger partial charge on any atom is -0.487 e. The molecule has 3 fully saturated rings. The Balaban J connectivity index is 1.01. The lowest BCUT2D eigenvalue weighted by molar-refractivity contribution is 0.00980. The topological polar surface area (TPSA) is 161 Å². The fraction of sp³-hybridized carbons (Fsp3) is 0.387. The van der Waals surface area contributed by atoms with Crippen LogP contribution in [0.25, 0.3) is 10.9 Å². The third-order valence-corrected chi connectivity index (χ3v) is 9.06. The summed E-state index contributed by atoms with van der Waals surface area (Å²) >= 11 is 0. The number of aromatic nitrogens is 4. The van der Waals surface area contributed by atoms with E-state index in [1.165, 1.54) is 34.1 Å². The van der Waals surface area contributed by atoms with Crippen LogP contribution in [0.15, 0.2) is 47.7 Å². The van der Waals surface area contributed by atoms with Crippen molar-refractivity contribution < 1.29 is 42.8 Å². The second-order valence-electron chi connectivity index (χ2n) is 12.4. The van der Waals surface area contributed by atoms with Crippen molar-refractivity contribution in [3.63, 3.8) is 0 Å². The van der Waals surface area contributed by atoms with Crippen LogP contribution in [0.1, 0.15) is 35.7 Å². The lowest BCUT2D eigenvalue weighted by Crippen LogP contribution is -2.41. The summed E-state index contributed by atoms with van der Waals surface area (Å²) in [7, 11) is 0. The van der Waals surface area contributed by atoms with Gasteiger partial charge in [0.2, 0.25) is 5.43 Å². The number of carboxylic acids is 1. The minimum atomic E-state index is -1.52. The van der Waals surface area contributed by atoms with Crippen LogP contribution in [-0.4, -0.2) is 85.9 Å². The highest BCUT2D eigenvalue weighted by Gasteiger charge is 2.48. The van der Waals surface area contributed by atoms with Gasteiger partial charge in [0.1, 0.15) is 36.2 Å². The number of halogens is 2. The van der Waals surface area contributed by atoms with Gasteiger partial charge >= 0.3 is 12.1 Å². The largest absolute Gasteiger partial charge is 0.487 e. The highest BCUT2D eigenvalue weighted by molar-refractivity contribution is 5.97. The number of nitrogens with zero attached hydrogens (tertiary/aromatic N) is 6. The van der Waals surface area contributed by atoms with Crippen molar-refractivity contribution in [3.05, 3.63) is 70.3 Å². The van der Waals surface area contributed by atoms with Gasteiger partial charge in [-0.1, -0.05) is 5.21 Å². The average molecular weight is 651 g/mol. The summed E-state index contributed by atoms with van der Waals surface area (Å²) < 4.78 is 51.3. The first-order valence-corrected chi connectivity index (χ1v) is 15.1. The summed E-state index contributed by atoms with van der Waals surface area (Å²) in [6.07, 6.45) is 4.99. The Hall–Kier alpha value is -5.25. The predicted octanol–water partition coefficient (Wildman–Crippen LogP) is 2.71. The van der Waals surface area contributed by atoms with Gasteiger partial charge in [-0.2, -0.15) is 0 Å². The zero-order chi connectivity index (χ0) is 32.6. The quantitative estimate of drug-likeness (QED) is 0.289. The number of amides is 1. The molecule has 1 amide bonds. The van der Waals surface area contributed by atoms with Crippen LogP contribution >= 0.6 is 0 Å². The molecule has 1 saturated carbocycles. The molecular formula is C31H28F2N6O8. The fourth-order valence-corrected chi connectivity index (χ4v) is 6.75. The molecule has 0 bridgehead atoms. The van der Waals surface area contributed by atoms with Gasteiger partial charge in [-0.05, 0) is 31.0 Å². The van der Waals surface area contributed by atoms with Gasteiger partial charge in [0.05, 0.1) is 48.5 Å². The first-order valence-electron chi connectivity index (χ1n) is 15.1. The smallest absolute Gasteiger partial charge is 0.414 e. The summed E-state index contributed by atoms with van der Waals surface area (Å²) in [5.41, 5.74) is -2.11. The molecule has 0 radical (unpaired) electrons. The van der Waals surface area contributed by atoms with E-state index in [0.29, 0.717) is 12.1 Å². The minimum absolute atomic E-state index is 0.0468. The molecule has 3 atom stereocenters. The van der Waals surface area contributed by atoms with Crippen LogP contribution in [0.3, 0.4) is 0 Å². The number of aliphatic hydroxyl groups is 1. The highest BCUT2D eigenvalue weighted by Crippen LogP contribution is 2.48. The fourth-order valence-electron chi connectivity index (χ4n) is 6.75. The van der Waals surface area contributed by atoms with Gasteiger partial charge in [0.15, 0.2) is 23.1 Å². The number of ether oxygens (including phenoxy) is 3. The number of benzene rings is 2. The number of aromatic carboxylic acids is 1. The summed E-state index contributed by atoms with van der Waals surface area (Å²) in [5, 5.41) is 28.6. The van der Waals surface area contributed by atoms with E-state index in [9.17, 15) is 24.6 Å². The molecule has 2 aromatic heterocycles. The van der Waals surface area contributed by atoms with Crippen molar-refractivity contribution >= 4 is 34.3 Å². The molecule has 2 aromatic carbocycles. The standard InChI is InChI=1S/C31H28F2N6O8/c32-22-7-17(38-11-19(47-30(38)43)10-36-6-5-34-35-36)3-4-24(22)46-15-31(44)9-18-13-45-28-25-20(8-23(33)26(28)39(18)14-31)27(40)21(29(41)42)12-37(25)16-1-2-16/h3-8,12,16,18-19,44H,1-2,9-11,13-15H2,(H,41,42)/t18-,19-,31+/m0/s1. The van der Waals surface area contributed by atoms with Crippen LogP contribution in [-0.2, 0) is 11.3 Å². The average Bonchev–Trinajstić information content (AvgIpc) is 3.45. The van der Waals surface area contributed by atoms with Crippen LogP contribution < -0.4 is 24.7 Å². The second kappa shape index (κ2) is 10.7. The Bertz CT molecular complexity index is 2000. The molecule has 5 heterocycles. The predicted molar refractivity (Wildman–Crippen MR) is 159 cm³/mol. The zero-order valence-corrected chi connectivity index (χ0v) is 24.7. The summed E-state index contributed by atoms with van der Waals surface area (Å²) in [6, 6.07) is 4.57. The van der Waals surface area contributed by atoms with E-state index in [0.717, 1.165) is 25.0 Å². The number of carbonyl (C=O) groups excluding carboxylic acids is 1. The Labute approximate surface area is 264 Å². The van der Waals surface area contributed by atoms with Crippen molar-refractivity contribution in [2.75, 3.05) is 36.1 Å². The Morgan fingerprint density at radius 1 is 1.15 bits per heavy atom. The van der Waals surface area contributed by atoms with E-state index < -0.39 is 52.4 Å². The molecule has 2 saturated heterocycles. The third kappa shape index (κ3) is 4.99. The van der Waals surface area contributed by atoms with Gasteiger partial charge in [-0.3, -0.25) is 9.69 Å². The summed E-state index contributed by atoms with van der Waals surface area (Å²) in [4.78, 5) is 40.2. The van der Waals surface area contributed by atoms with E-state index in [2.05, 4.69) is 10.3 Å². The molecular weight excluding hydrogens is 622 g/mol. The monoisotopic (exact) mass is 650 g/mol. The molecule has 47 heavy (non-hydrogen) atoms. The van der Waals surface area contributed by atoms with Crippen LogP contribution in [0.5, 0.6) is 11.5 Å². The number of pyridine rings is 1. The van der Waals surface area contributed by atoms with Gasteiger partial charge in [0.25, 0.3) is 0 Å². The molecule has 0 spiro atoms. The number of anilines is 2. The van der Waals surface area contributed by atoms with Crippen LogP contribution in [0.4, 0.5) is 25.0 Å². The van der Waals surface area contributed by atoms with Crippen molar-refractivity contribution in [1.29, 1.82) is 0 Å². The maximum absolute atomic E-state index is 15.7. The molecule has 8 rings (SSSR count). The van der Waals surface area contributed by atoms with Crippen LogP contribution in [0, 0.1) is 11.6 Å². The van der Waals surface area contributed by atoms with Crippen molar-refractivity contribution in [3.8, 4) is 11.5 Å². The van der Waals surface area contributed by atoms with Gasteiger partial charge in [0, 0.05) is 30.9 Å². The normalized spacial score (nSPS) is 23.4. The first-order chi connectivity index (χ1) is 22.6. The molecule has 1 aliphatic carbocycles. The molecule has 0 unspecified atom stereocenters. The second-order valence-corrected chi connectivity index (χ2v) is 12.4. The molecule has 4 aliphatic rings. The van der Waals surface area contributed by atoms with Crippen molar-refractivity contribution in [1.82, 2.24) is 19.6 Å². The number of fused-ring (bicyclic) bond motifs is 5. The van der Waals surface area contributed by atoms with E-state index in [1.807, 2.05) is 0 Å². The Morgan fingerprint density at radius 3 is 2.70 bits per heavy atom. The van der Waals surface area contributed by atoms with E-state index in [1.54, 1.807) is 15.7 Å². The number of carboxylic acid groups (broad SMARTS) is 1. The first kappa shape index (κ1) is 29.2. The molecule has 3 aliphatic heterocycles. The number of hydrogen-bond acceptors (Lipinski definition) is 10. The van der Waals surface area contributed by atoms with Crippen molar-refractivity contribution in [2.24, 2.45) is 0 Å². The lowest BCUT2D eigenvalue weighted by atomic mass is 10.0. The van der Waals surface area contributed by atoms with Gasteiger partial charge in [-0.15, -0.1) is 5.10 Å². The number of rotatable bonds is 8. The van der Waals surface area contributed by atoms with E-state index >= 15 is 8.78 Å². The SMILES string of the molecule is O=C(O)c1cn(C2CC2)c2c3c(c(F)cc2c1=O)N1C[C@@](O)(COc2ccc(N4C[C@H](Cn5ccnn5)OC4=O)cc2F)C[C@H]1CO3. The highest BCUT2D eigenvalue weighted by atomic mass is 19.1. The summed E-state index contributed by atoms with van der Waals surface area (Å²) in [6.45, 7) is 0.164. The maximum Gasteiger partial charge on any atom is 0.414 e. The number of cyclic esters (lactones) is 1. The van der Waals surface area contributed by atoms with E-state index in [4.69, 9.17) is 14.2 Å². The number of carbonyl (C=O) groups is 2. The lowest BCUT2D eigenvalue weighted by Gasteiger charge is -2.34. The van der Waals surface area contributed by atoms with Gasteiger partial charge < -0.3 is 33.9 Å². The van der Waals surface area contributed by atoms with Crippen molar-refractivity contribution in [2.45, 2.75) is 49.6 Å². The number of hydrogen-bond donors (Lipinski definition) is 2. The molecule has 14 nitrogen and oxygen atoms in total. The molecule has 244 valence electrons. The molecule has 2 N–H and O–H groups in total. The Kier molecular flexibility index (Phi) is 6.61. The van der Waals surface area contributed by atoms with E-state index in [-0.39, 0.29) is 67.0 Å². The third-order valence-electron chi connectivity index (χ3n) is 9.06.